The maximum Gasteiger partial charge on any atom is 0.251 e. The molecule has 2 amide bonds. The van der Waals surface area contributed by atoms with Crippen molar-refractivity contribution in [3.05, 3.63) is 17.0 Å². The maximum atomic E-state index is 12.3. The van der Waals surface area contributed by atoms with Crippen molar-refractivity contribution < 1.29 is 9.59 Å². The van der Waals surface area contributed by atoms with Crippen LogP contribution in [-0.2, 0) is 4.79 Å². The molecule has 7 nitrogen and oxygen atoms in total. The van der Waals surface area contributed by atoms with Crippen LogP contribution in [0.3, 0.4) is 0 Å². The van der Waals surface area contributed by atoms with Crippen molar-refractivity contribution >= 4 is 56.4 Å². The summed E-state index contributed by atoms with van der Waals surface area (Å²) in [6.07, 6.45) is 2.19. The number of carbonyl (C=O) groups is 2. The number of aromatic nitrogens is 2. The van der Waals surface area contributed by atoms with E-state index in [1.165, 1.54) is 34.4 Å². The SMILES string of the molecule is CCCCNc1nnc(S[C@@H](C)C(=O)Nc2sccc2C(N)=O)s1. The fourth-order valence-corrected chi connectivity index (χ4v) is 4.44. The molecule has 2 aromatic rings. The number of hydrogen-bond acceptors (Lipinski definition) is 8. The fourth-order valence-electron chi connectivity index (χ4n) is 1.72. The van der Waals surface area contributed by atoms with Crippen LogP contribution in [0.1, 0.15) is 37.0 Å². The molecule has 0 aliphatic rings. The minimum Gasteiger partial charge on any atom is -0.366 e. The predicted molar refractivity (Wildman–Crippen MR) is 100 cm³/mol. The predicted octanol–water partition coefficient (Wildman–Crippen LogP) is 3.03. The van der Waals surface area contributed by atoms with Gasteiger partial charge in [-0.05, 0) is 24.8 Å². The van der Waals surface area contributed by atoms with Gasteiger partial charge in [-0.25, -0.2) is 0 Å². The summed E-state index contributed by atoms with van der Waals surface area (Å²) < 4.78 is 0.720. The van der Waals surface area contributed by atoms with Gasteiger partial charge in [-0.3, -0.25) is 9.59 Å². The second-order valence-corrected chi connectivity index (χ2v) is 8.41. The van der Waals surface area contributed by atoms with Crippen molar-refractivity contribution in [2.24, 2.45) is 5.73 Å². The average molecular weight is 386 g/mol. The lowest BCUT2D eigenvalue weighted by Gasteiger charge is -2.09. The molecular formula is C14H19N5O2S3. The van der Waals surface area contributed by atoms with Gasteiger partial charge in [0, 0.05) is 6.54 Å². The molecule has 10 heteroatoms. The zero-order valence-corrected chi connectivity index (χ0v) is 15.8. The maximum absolute atomic E-state index is 12.3. The van der Waals surface area contributed by atoms with Crippen LogP contribution < -0.4 is 16.4 Å². The highest BCUT2D eigenvalue weighted by atomic mass is 32.2. The summed E-state index contributed by atoms with van der Waals surface area (Å²) in [6, 6.07) is 1.60. The fraction of sp³-hybridized carbons (Fsp3) is 0.429. The Kier molecular flexibility index (Phi) is 7.00. The van der Waals surface area contributed by atoms with Crippen molar-refractivity contribution in [3.63, 3.8) is 0 Å². The number of thiophene rings is 1. The summed E-state index contributed by atoms with van der Waals surface area (Å²) in [4.78, 5) is 23.6. The highest BCUT2D eigenvalue weighted by molar-refractivity contribution is 8.02. The first-order chi connectivity index (χ1) is 11.5. The van der Waals surface area contributed by atoms with Crippen LogP contribution >= 0.6 is 34.4 Å². The molecule has 0 unspecified atom stereocenters. The van der Waals surface area contributed by atoms with E-state index in [2.05, 4.69) is 27.8 Å². The number of hydrogen-bond donors (Lipinski definition) is 3. The molecule has 2 heterocycles. The number of thioether (sulfide) groups is 1. The van der Waals surface area contributed by atoms with Crippen molar-refractivity contribution in [1.82, 2.24) is 10.2 Å². The third-order valence-corrected chi connectivity index (χ3v) is 5.92. The van der Waals surface area contributed by atoms with Crippen LogP contribution in [0.5, 0.6) is 0 Å². The van der Waals surface area contributed by atoms with E-state index in [1.807, 2.05) is 0 Å². The van der Waals surface area contributed by atoms with Gasteiger partial charge >= 0.3 is 0 Å². The summed E-state index contributed by atoms with van der Waals surface area (Å²) in [7, 11) is 0. The Hall–Kier alpha value is -1.65. The van der Waals surface area contributed by atoms with E-state index >= 15 is 0 Å². The van der Waals surface area contributed by atoms with Crippen LogP contribution in [0.2, 0.25) is 0 Å². The number of nitrogens with two attached hydrogens (primary N) is 1. The van der Waals surface area contributed by atoms with E-state index in [-0.39, 0.29) is 11.2 Å². The quantitative estimate of drug-likeness (QED) is 0.452. The number of primary amides is 1. The number of rotatable bonds is 9. The van der Waals surface area contributed by atoms with E-state index in [4.69, 9.17) is 5.73 Å². The second kappa shape index (κ2) is 9.00. The van der Waals surface area contributed by atoms with Gasteiger partial charge in [0.15, 0.2) is 4.34 Å². The van der Waals surface area contributed by atoms with Gasteiger partial charge in [0.25, 0.3) is 5.91 Å². The zero-order chi connectivity index (χ0) is 17.5. The number of unbranched alkanes of at least 4 members (excludes halogenated alkanes) is 1. The summed E-state index contributed by atoms with van der Waals surface area (Å²) in [5, 5.41) is 16.7. The van der Waals surface area contributed by atoms with Gasteiger partial charge in [0.1, 0.15) is 5.00 Å². The molecule has 0 aliphatic heterocycles. The van der Waals surface area contributed by atoms with Gasteiger partial charge in [0.2, 0.25) is 11.0 Å². The van der Waals surface area contributed by atoms with E-state index in [1.54, 1.807) is 18.4 Å². The molecule has 0 saturated carbocycles. The van der Waals surface area contributed by atoms with Crippen molar-refractivity contribution in [2.75, 3.05) is 17.2 Å². The van der Waals surface area contributed by atoms with Gasteiger partial charge in [-0.2, -0.15) is 0 Å². The summed E-state index contributed by atoms with van der Waals surface area (Å²) in [6.45, 7) is 4.77. The number of amides is 2. The first kappa shape index (κ1) is 18.7. The molecule has 0 radical (unpaired) electrons. The molecule has 24 heavy (non-hydrogen) atoms. The smallest absolute Gasteiger partial charge is 0.251 e. The first-order valence-electron chi connectivity index (χ1n) is 7.43. The molecule has 4 N–H and O–H groups in total. The molecule has 0 bridgehead atoms. The molecule has 0 saturated heterocycles. The van der Waals surface area contributed by atoms with E-state index in [9.17, 15) is 9.59 Å². The van der Waals surface area contributed by atoms with E-state index in [0.29, 0.717) is 10.6 Å². The molecule has 130 valence electrons. The monoisotopic (exact) mass is 385 g/mol. The lowest BCUT2D eigenvalue weighted by atomic mass is 10.3. The van der Waals surface area contributed by atoms with Crippen molar-refractivity contribution in [2.45, 2.75) is 36.3 Å². The highest BCUT2D eigenvalue weighted by Gasteiger charge is 2.20. The Labute approximate surface area is 152 Å². The zero-order valence-electron chi connectivity index (χ0n) is 13.4. The standard InChI is InChI=1S/C14H19N5O2S3/c1-3-4-6-16-13-18-19-14(24-13)23-8(2)11(21)17-12-9(10(15)20)5-7-22-12/h5,7-8H,3-4,6H2,1-2H3,(H2,15,20)(H,16,18)(H,17,21)/t8-/m0/s1. The Bertz CT molecular complexity index is 700. The largest absolute Gasteiger partial charge is 0.366 e. The Morgan fingerprint density at radius 2 is 2.21 bits per heavy atom. The lowest BCUT2D eigenvalue weighted by molar-refractivity contribution is -0.115. The van der Waals surface area contributed by atoms with E-state index < -0.39 is 5.91 Å². The van der Waals surface area contributed by atoms with E-state index in [0.717, 1.165) is 28.9 Å². The number of nitrogens with zero attached hydrogens (tertiary/aromatic N) is 2. The van der Waals surface area contributed by atoms with Crippen molar-refractivity contribution in [3.8, 4) is 0 Å². The highest BCUT2D eigenvalue weighted by Crippen LogP contribution is 2.30. The molecule has 0 aliphatic carbocycles. The molecule has 0 aromatic carbocycles. The van der Waals surface area contributed by atoms with Gasteiger partial charge in [0.05, 0.1) is 10.8 Å². The minimum atomic E-state index is -0.557. The molecular weight excluding hydrogens is 366 g/mol. The average Bonchev–Trinajstić information content (AvgIpc) is 3.17. The lowest BCUT2D eigenvalue weighted by Crippen LogP contribution is -2.23. The van der Waals surface area contributed by atoms with Crippen molar-refractivity contribution in [1.29, 1.82) is 0 Å². The van der Waals surface area contributed by atoms with Crippen LogP contribution in [0.4, 0.5) is 10.1 Å². The molecule has 0 spiro atoms. The number of nitrogens with one attached hydrogen (secondary N) is 2. The topological polar surface area (TPSA) is 110 Å². The Morgan fingerprint density at radius 3 is 2.92 bits per heavy atom. The third-order valence-electron chi connectivity index (χ3n) is 3.03. The van der Waals surface area contributed by atoms with Crippen LogP contribution in [0, 0.1) is 0 Å². The number of anilines is 2. The van der Waals surface area contributed by atoms with Crippen LogP contribution in [-0.4, -0.2) is 33.8 Å². The number of carbonyl (C=O) groups excluding carboxylic acids is 2. The van der Waals surface area contributed by atoms with Gasteiger partial charge in [-0.1, -0.05) is 36.4 Å². The molecule has 2 rings (SSSR count). The second-order valence-electron chi connectivity index (χ2n) is 4.93. The molecule has 1 atom stereocenters. The summed E-state index contributed by atoms with van der Waals surface area (Å²) >= 11 is 4.02. The van der Waals surface area contributed by atoms with Gasteiger partial charge in [-0.15, -0.1) is 21.5 Å². The summed E-state index contributed by atoms with van der Waals surface area (Å²) in [5.74, 6) is -0.764. The Morgan fingerprint density at radius 1 is 1.42 bits per heavy atom. The van der Waals surface area contributed by atoms with Crippen LogP contribution in [0.15, 0.2) is 15.8 Å². The third kappa shape index (κ3) is 5.18. The summed E-state index contributed by atoms with van der Waals surface area (Å²) in [5.41, 5.74) is 5.60. The van der Waals surface area contributed by atoms with Crippen LogP contribution in [0.25, 0.3) is 0 Å². The first-order valence-corrected chi connectivity index (χ1v) is 10.0. The Balaban J connectivity index is 1.89. The molecule has 0 fully saturated rings. The molecule has 2 aromatic heterocycles. The van der Waals surface area contributed by atoms with Gasteiger partial charge < -0.3 is 16.4 Å². The normalized spacial score (nSPS) is 11.9. The minimum absolute atomic E-state index is 0.208.